The zero-order valence-corrected chi connectivity index (χ0v) is 14.6. The topological polar surface area (TPSA) is 67.4 Å². The highest BCUT2D eigenvalue weighted by Crippen LogP contribution is 2.26. The summed E-state index contributed by atoms with van der Waals surface area (Å²) >= 11 is 11.7. The van der Waals surface area contributed by atoms with E-state index in [4.69, 9.17) is 27.9 Å². The summed E-state index contributed by atoms with van der Waals surface area (Å²) < 4.78 is 5.59. The number of carbonyl (C=O) groups is 2. The molecule has 0 bridgehead atoms. The molecule has 24 heavy (non-hydrogen) atoms. The van der Waals surface area contributed by atoms with E-state index in [0.29, 0.717) is 22.1 Å². The molecule has 2 N–H and O–H groups in total. The average molecular weight is 367 g/mol. The van der Waals surface area contributed by atoms with Crippen molar-refractivity contribution in [2.45, 2.75) is 20.0 Å². The molecule has 2 rings (SSSR count). The maximum absolute atomic E-state index is 12.1. The van der Waals surface area contributed by atoms with Crippen molar-refractivity contribution in [3.63, 3.8) is 0 Å². The van der Waals surface area contributed by atoms with Crippen molar-refractivity contribution in [3.05, 3.63) is 52.5 Å². The molecule has 0 radical (unpaired) electrons. The van der Waals surface area contributed by atoms with E-state index >= 15 is 0 Å². The van der Waals surface area contributed by atoms with Crippen LogP contribution in [0, 0.1) is 0 Å². The van der Waals surface area contributed by atoms with Crippen LogP contribution in [0.2, 0.25) is 10.0 Å². The lowest BCUT2D eigenvalue weighted by molar-refractivity contribution is -0.133. The van der Waals surface area contributed by atoms with Gasteiger partial charge in [-0.2, -0.15) is 0 Å². The number of nitrogens with one attached hydrogen (secondary N) is 2. The summed E-state index contributed by atoms with van der Waals surface area (Å²) in [6.45, 7) is 3.74. The Balaban J connectivity index is 2.06. The number of para-hydroxylation sites is 2. The number of carbonyl (C=O) groups excluding carboxylic acids is 2. The highest BCUT2D eigenvalue weighted by molar-refractivity contribution is 6.44. The molecule has 0 saturated carbocycles. The summed E-state index contributed by atoms with van der Waals surface area (Å²) in [7, 11) is 0. The van der Waals surface area contributed by atoms with Gasteiger partial charge in [0.1, 0.15) is 5.75 Å². The van der Waals surface area contributed by atoms with Gasteiger partial charge in [0.2, 0.25) is 0 Å². The number of rotatable bonds is 4. The van der Waals surface area contributed by atoms with Crippen LogP contribution in [0.3, 0.4) is 0 Å². The van der Waals surface area contributed by atoms with Crippen molar-refractivity contribution >= 4 is 46.4 Å². The van der Waals surface area contributed by atoms with Gasteiger partial charge in [0.15, 0.2) is 0 Å². The Morgan fingerprint density at radius 2 is 1.62 bits per heavy atom. The van der Waals surface area contributed by atoms with Crippen molar-refractivity contribution in [2.75, 3.05) is 10.6 Å². The Labute approximate surface area is 149 Å². The van der Waals surface area contributed by atoms with E-state index in [2.05, 4.69) is 10.6 Å². The fourth-order valence-corrected chi connectivity index (χ4v) is 2.17. The molecule has 0 aliphatic rings. The fourth-order valence-electron chi connectivity index (χ4n) is 1.87. The second-order valence-corrected chi connectivity index (χ2v) is 6.01. The molecule has 0 heterocycles. The van der Waals surface area contributed by atoms with Crippen LogP contribution in [0.5, 0.6) is 5.75 Å². The van der Waals surface area contributed by atoms with Crippen molar-refractivity contribution in [2.24, 2.45) is 0 Å². The highest BCUT2D eigenvalue weighted by atomic mass is 35.5. The van der Waals surface area contributed by atoms with E-state index in [0.717, 1.165) is 0 Å². The molecule has 0 saturated heterocycles. The minimum absolute atomic E-state index is 0.0620. The van der Waals surface area contributed by atoms with Crippen LogP contribution in [-0.4, -0.2) is 17.9 Å². The lowest BCUT2D eigenvalue weighted by Gasteiger charge is -2.14. The average Bonchev–Trinajstić information content (AvgIpc) is 2.52. The molecule has 5 nitrogen and oxygen atoms in total. The SMILES string of the molecule is CC(C)Oc1ccccc1NC(=O)C(=O)Nc1ccc(Cl)c(Cl)c1. The maximum Gasteiger partial charge on any atom is 0.314 e. The summed E-state index contributed by atoms with van der Waals surface area (Å²) in [5.74, 6) is -1.16. The van der Waals surface area contributed by atoms with Crippen LogP contribution >= 0.6 is 23.2 Å². The Morgan fingerprint density at radius 1 is 0.958 bits per heavy atom. The van der Waals surface area contributed by atoms with Crippen LogP contribution in [0.4, 0.5) is 11.4 Å². The lowest BCUT2D eigenvalue weighted by atomic mass is 10.2. The molecule has 7 heteroatoms. The van der Waals surface area contributed by atoms with Crippen LogP contribution in [0.25, 0.3) is 0 Å². The first-order chi connectivity index (χ1) is 11.4. The summed E-state index contributed by atoms with van der Waals surface area (Å²) in [6, 6.07) is 11.4. The number of anilines is 2. The van der Waals surface area contributed by atoms with Gasteiger partial charge in [-0.1, -0.05) is 35.3 Å². The Hall–Kier alpha value is -2.24. The molecule has 0 spiro atoms. The highest BCUT2D eigenvalue weighted by Gasteiger charge is 2.16. The van der Waals surface area contributed by atoms with Crippen LogP contribution < -0.4 is 15.4 Å². The summed E-state index contributed by atoms with van der Waals surface area (Å²) in [5.41, 5.74) is 0.789. The number of halogens is 2. The van der Waals surface area contributed by atoms with Gasteiger partial charge < -0.3 is 15.4 Å². The van der Waals surface area contributed by atoms with Gasteiger partial charge in [-0.25, -0.2) is 0 Å². The lowest BCUT2D eigenvalue weighted by Crippen LogP contribution is -2.29. The van der Waals surface area contributed by atoms with Gasteiger partial charge in [0, 0.05) is 5.69 Å². The maximum atomic E-state index is 12.1. The first kappa shape index (κ1) is 18.1. The zero-order chi connectivity index (χ0) is 17.7. The van der Waals surface area contributed by atoms with Crippen molar-refractivity contribution in [3.8, 4) is 5.75 Å². The third-order valence-electron chi connectivity index (χ3n) is 2.88. The predicted molar refractivity (Wildman–Crippen MR) is 95.9 cm³/mol. The monoisotopic (exact) mass is 366 g/mol. The molecule has 0 fully saturated rings. The van der Waals surface area contributed by atoms with Crippen molar-refractivity contribution in [1.29, 1.82) is 0 Å². The molecule has 0 aromatic heterocycles. The van der Waals surface area contributed by atoms with E-state index in [1.54, 1.807) is 30.3 Å². The number of ether oxygens (including phenoxy) is 1. The molecular formula is C17H16Cl2N2O3. The first-order valence-corrected chi connectivity index (χ1v) is 7.95. The Bertz CT molecular complexity index is 763. The number of benzene rings is 2. The van der Waals surface area contributed by atoms with E-state index in [9.17, 15) is 9.59 Å². The quantitative estimate of drug-likeness (QED) is 0.790. The second-order valence-electron chi connectivity index (χ2n) is 5.20. The van der Waals surface area contributed by atoms with E-state index in [1.165, 1.54) is 12.1 Å². The first-order valence-electron chi connectivity index (χ1n) is 7.20. The molecule has 2 aromatic carbocycles. The van der Waals surface area contributed by atoms with Crippen LogP contribution in [0.15, 0.2) is 42.5 Å². The van der Waals surface area contributed by atoms with Crippen LogP contribution in [0.1, 0.15) is 13.8 Å². The van der Waals surface area contributed by atoms with Gasteiger partial charge in [0.25, 0.3) is 0 Å². The van der Waals surface area contributed by atoms with Crippen LogP contribution in [-0.2, 0) is 9.59 Å². The van der Waals surface area contributed by atoms with Crippen molar-refractivity contribution in [1.82, 2.24) is 0 Å². The third-order valence-corrected chi connectivity index (χ3v) is 3.62. The van der Waals surface area contributed by atoms with Gasteiger partial charge in [-0.15, -0.1) is 0 Å². The second kappa shape index (κ2) is 8.04. The van der Waals surface area contributed by atoms with Gasteiger partial charge in [-0.3, -0.25) is 9.59 Å². The molecule has 0 aliphatic heterocycles. The third kappa shape index (κ3) is 4.88. The minimum Gasteiger partial charge on any atom is -0.489 e. The van der Waals surface area contributed by atoms with E-state index < -0.39 is 11.8 Å². The molecule has 126 valence electrons. The minimum atomic E-state index is -0.826. The number of hydrogen-bond acceptors (Lipinski definition) is 3. The summed E-state index contributed by atoms with van der Waals surface area (Å²) in [4.78, 5) is 24.1. The zero-order valence-electron chi connectivity index (χ0n) is 13.1. The summed E-state index contributed by atoms with van der Waals surface area (Å²) in [6.07, 6.45) is -0.0620. The van der Waals surface area contributed by atoms with Gasteiger partial charge in [-0.05, 0) is 44.2 Å². The van der Waals surface area contributed by atoms with Gasteiger partial charge >= 0.3 is 11.8 Å². The molecule has 0 atom stereocenters. The van der Waals surface area contributed by atoms with E-state index in [-0.39, 0.29) is 11.1 Å². The fraction of sp³-hybridized carbons (Fsp3) is 0.176. The largest absolute Gasteiger partial charge is 0.489 e. The number of amides is 2. The molecular weight excluding hydrogens is 351 g/mol. The summed E-state index contributed by atoms with van der Waals surface area (Å²) in [5, 5.41) is 5.63. The predicted octanol–water partition coefficient (Wildman–Crippen LogP) is 4.36. The van der Waals surface area contributed by atoms with Gasteiger partial charge in [0.05, 0.1) is 21.8 Å². The van der Waals surface area contributed by atoms with Crippen molar-refractivity contribution < 1.29 is 14.3 Å². The molecule has 0 unspecified atom stereocenters. The standard InChI is InChI=1S/C17H16Cl2N2O3/c1-10(2)24-15-6-4-3-5-14(15)21-17(23)16(22)20-11-7-8-12(18)13(19)9-11/h3-10H,1-2H3,(H,20,22)(H,21,23). The van der Waals surface area contributed by atoms with E-state index in [1.807, 2.05) is 13.8 Å². The normalized spacial score (nSPS) is 10.4. The Kier molecular flexibility index (Phi) is 6.06. The number of hydrogen-bond donors (Lipinski definition) is 2. The smallest absolute Gasteiger partial charge is 0.314 e. The molecule has 0 aliphatic carbocycles. The molecule has 2 aromatic rings. The Morgan fingerprint density at radius 3 is 2.29 bits per heavy atom. The molecule has 2 amide bonds.